The molecule has 3 heterocycles. The molecule has 1 N–H and O–H groups in total. The van der Waals surface area contributed by atoms with Crippen LogP contribution in [0.3, 0.4) is 0 Å². The van der Waals surface area contributed by atoms with E-state index in [-0.39, 0.29) is 24.2 Å². The van der Waals surface area contributed by atoms with Crippen LogP contribution in [0.4, 0.5) is 23.2 Å². The molecule has 1 aliphatic heterocycles. The lowest BCUT2D eigenvalue weighted by atomic mass is 10.1. The summed E-state index contributed by atoms with van der Waals surface area (Å²) in [5, 5.41) is 23.1. The molecule has 0 bridgehead atoms. The molecule has 4 rings (SSSR count). The van der Waals surface area contributed by atoms with Crippen molar-refractivity contribution in [3.63, 3.8) is 0 Å². The van der Waals surface area contributed by atoms with E-state index in [4.69, 9.17) is 0 Å². The number of nitriles is 1. The second-order valence-electron chi connectivity index (χ2n) is 6.68. The molecule has 12 heteroatoms. The molecular weight excluding hydrogens is 406 g/mol. The lowest BCUT2D eigenvalue weighted by molar-refractivity contribution is -0.138. The van der Waals surface area contributed by atoms with Gasteiger partial charge in [-0.05, 0) is 17.7 Å². The predicted molar refractivity (Wildman–Crippen MR) is 94.9 cm³/mol. The number of H-pyrrole nitrogens is 1. The van der Waals surface area contributed by atoms with E-state index < -0.39 is 23.1 Å². The van der Waals surface area contributed by atoms with Crippen LogP contribution >= 0.6 is 0 Å². The molecule has 0 atom stereocenters. The van der Waals surface area contributed by atoms with Gasteiger partial charge in [-0.3, -0.25) is 4.79 Å². The monoisotopic (exact) mass is 419 g/mol. The molecule has 1 aliphatic rings. The van der Waals surface area contributed by atoms with E-state index in [1.54, 1.807) is 4.90 Å². The molecule has 0 spiro atoms. The third kappa shape index (κ3) is 3.49. The van der Waals surface area contributed by atoms with Gasteiger partial charge in [0.25, 0.3) is 5.56 Å². The Hall–Kier alpha value is -3.75. The number of rotatable bonds is 3. The van der Waals surface area contributed by atoms with Crippen molar-refractivity contribution in [2.24, 2.45) is 0 Å². The first kappa shape index (κ1) is 19.6. The summed E-state index contributed by atoms with van der Waals surface area (Å²) in [6.07, 6.45) is -2.96. The molecule has 0 unspecified atom stereocenters. The SMILES string of the molecule is N#Cc1c(N2CCc3c(nnn3Cc3ccc(F)cc3C(F)(F)F)C2)cn[nH]c1=O. The van der Waals surface area contributed by atoms with E-state index >= 15 is 0 Å². The quantitative estimate of drug-likeness (QED) is 0.652. The Kier molecular flexibility index (Phi) is 4.73. The standard InChI is InChI=1S/C18H13F4N7O/c19-11-2-1-10(13(5-11)18(20,21)22)8-29-15-3-4-28(9-14(15)25-27-29)16-7-24-26-17(30)12(16)6-23/h1-2,5,7H,3-4,8-9H2,(H,26,30). The van der Waals surface area contributed by atoms with Gasteiger partial charge in [-0.2, -0.15) is 23.5 Å². The number of nitrogens with zero attached hydrogens (tertiary/aromatic N) is 6. The average molecular weight is 419 g/mol. The molecule has 8 nitrogen and oxygen atoms in total. The lowest BCUT2D eigenvalue weighted by Gasteiger charge is -2.28. The Bertz CT molecular complexity index is 1210. The van der Waals surface area contributed by atoms with Crippen molar-refractivity contribution < 1.29 is 17.6 Å². The summed E-state index contributed by atoms with van der Waals surface area (Å²) in [7, 11) is 0. The highest BCUT2D eigenvalue weighted by Crippen LogP contribution is 2.33. The minimum absolute atomic E-state index is 0.0815. The summed E-state index contributed by atoms with van der Waals surface area (Å²) in [6, 6.07) is 4.36. The number of hydrogen-bond donors (Lipinski definition) is 1. The third-order valence-electron chi connectivity index (χ3n) is 4.86. The van der Waals surface area contributed by atoms with Gasteiger partial charge in [0.1, 0.15) is 23.1 Å². The summed E-state index contributed by atoms with van der Waals surface area (Å²) in [5.74, 6) is -0.970. The molecule has 0 fully saturated rings. The summed E-state index contributed by atoms with van der Waals surface area (Å²) in [5.41, 5.74) is -0.370. The van der Waals surface area contributed by atoms with E-state index in [0.717, 1.165) is 12.1 Å². The normalized spacial score (nSPS) is 13.8. The van der Waals surface area contributed by atoms with Crippen molar-refractivity contribution in [3.8, 4) is 6.07 Å². The Balaban J connectivity index is 1.63. The fourth-order valence-corrected chi connectivity index (χ4v) is 3.45. The van der Waals surface area contributed by atoms with E-state index in [2.05, 4.69) is 20.5 Å². The van der Waals surface area contributed by atoms with Gasteiger partial charge in [-0.1, -0.05) is 11.3 Å². The molecule has 0 aliphatic carbocycles. The maximum atomic E-state index is 13.3. The molecule has 0 radical (unpaired) electrons. The van der Waals surface area contributed by atoms with Crippen molar-refractivity contribution in [2.75, 3.05) is 11.4 Å². The van der Waals surface area contributed by atoms with Crippen molar-refractivity contribution in [1.29, 1.82) is 5.26 Å². The van der Waals surface area contributed by atoms with E-state index in [0.29, 0.717) is 36.1 Å². The zero-order valence-corrected chi connectivity index (χ0v) is 15.2. The van der Waals surface area contributed by atoms with Crippen molar-refractivity contribution in [2.45, 2.75) is 25.7 Å². The molecule has 0 amide bonds. The van der Waals surface area contributed by atoms with Crippen LogP contribution in [0.15, 0.2) is 29.2 Å². The lowest BCUT2D eigenvalue weighted by Crippen LogP contribution is -2.33. The molecule has 0 saturated carbocycles. The number of alkyl halides is 3. The molecule has 1 aromatic carbocycles. The van der Waals surface area contributed by atoms with Crippen LogP contribution in [0.5, 0.6) is 0 Å². The maximum absolute atomic E-state index is 13.3. The minimum atomic E-state index is -4.70. The molecule has 154 valence electrons. The van der Waals surface area contributed by atoms with Gasteiger partial charge < -0.3 is 4.90 Å². The molecule has 30 heavy (non-hydrogen) atoms. The second kappa shape index (κ2) is 7.25. The first-order valence-electron chi connectivity index (χ1n) is 8.77. The second-order valence-corrected chi connectivity index (χ2v) is 6.68. The Morgan fingerprint density at radius 3 is 2.83 bits per heavy atom. The minimum Gasteiger partial charge on any atom is -0.363 e. The van der Waals surface area contributed by atoms with E-state index in [1.807, 2.05) is 6.07 Å². The number of benzene rings is 1. The summed E-state index contributed by atoms with van der Waals surface area (Å²) >= 11 is 0. The number of halogens is 4. The first-order chi connectivity index (χ1) is 14.3. The number of aromatic amines is 1. The number of nitrogens with one attached hydrogen (secondary N) is 1. The molecular formula is C18H13F4N7O. The van der Waals surface area contributed by atoms with Gasteiger partial charge in [-0.25, -0.2) is 14.2 Å². The molecule has 2 aromatic heterocycles. The predicted octanol–water partition coefficient (Wildman–Crippen LogP) is 2.00. The van der Waals surface area contributed by atoms with Crippen molar-refractivity contribution in [3.05, 3.63) is 68.6 Å². The zero-order chi connectivity index (χ0) is 21.5. The molecule has 3 aromatic rings. The van der Waals surface area contributed by atoms with E-state index in [9.17, 15) is 27.6 Å². The topological polar surface area (TPSA) is 103 Å². The van der Waals surface area contributed by atoms with Gasteiger partial charge >= 0.3 is 6.18 Å². The summed E-state index contributed by atoms with van der Waals surface area (Å²) in [6.45, 7) is 0.383. The van der Waals surface area contributed by atoms with Gasteiger partial charge in [0.2, 0.25) is 0 Å². The highest BCUT2D eigenvalue weighted by molar-refractivity contribution is 5.57. The van der Waals surface area contributed by atoms with Crippen LogP contribution in [0, 0.1) is 17.1 Å². The van der Waals surface area contributed by atoms with Crippen molar-refractivity contribution >= 4 is 5.69 Å². The number of fused-ring (bicyclic) bond motifs is 1. The van der Waals surface area contributed by atoms with Gasteiger partial charge in [-0.15, -0.1) is 5.10 Å². The van der Waals surface area contributed by atoms with Gasteiger partial charge in [0, 0.05) is 13.0 Å². The van der Waals surface area contributed by atoms with Crippen LogP contribution in [-0.2, 0) is 25.7 Å². The number of anilines is 1. The largest absolute Gasteiger partial charge is 0.416 e. The third-order valence-corrected chi connectivity index (χ3v) is 4.86. The van der Waals surface area contributed by atoms with Crippen LogP contribution in [0.25, 0.3) is 0 Å². The smallest absolute Gasteiger partial charge is 0.363 e. The average Bonchev–Trinajstić information content (AvgIpc) is 3.10. The van der Waals surface area contributed by atoms with Crippen molar-refractivity contribution in [1.82, 2.24) is 25.2 Å². The molecule has 0 saturated heterocycles. The van der Waals surface area contributed by atoms with Gasteiger partial charge in [0.05, 0.1) is 36.2 Å². The number of hydrogen-bond acceptors (Lipinski definition) is 6. The fourth-order valence-electron chi connectivity index (χ4n) is 3.45. The highest BCUT2D eigenvalue weighted by Gasteiger charge is 2.34. The van der Waals surface area contributed by atoms with Crippen LogP contribution < -0.4 is 10.5 Å². The Labute approximate surface area is 166 Å². The summed E-state index contributed by atoms with van der Waals surface area (Å²) in [4.78, 5) is 13.5. The van der Waals surface area contributed by atoms with E-state index in [1.165, 1.54) is 10.9 Å². The fraction of sp³-hybridized carbons (Fsp3) is 0.278. The van der Waals surface area contributed by atoms with Gasteiger partial charge in [0.15, 0.2) is 0 Å². The highest BCUT2D eigenvalue weighted by atomic mass is 19.4. The van der Waals surface area contributed by atoms with Crippen LogP contribution in [0.2, 0.25) is 0 Å². The number of aromatic nitrogens is 5. The summed E-state index contributed by atoms with van der Waals surface area (Å²) < 4.78 is 54.5. The zero-order valence-electron chi connectivity index (χ0n) is 15.2. The van der Waals surface area contributed by atoms with Crippen LogP contribution in [0.1, 0.15) is 28.1 Å². The maximum Gasteiger partial charge on any atom is 0.416 e. The Morgan fingerprint density at radius 1 is 1.30 bits per heavy atom. The first-order valence-corrected chi connectivity index (χ1v) is 8.77. The van der Waals surface area contributed by atoms with Crippen LogP contribution in [-0.4, -0.2) is 31.7 Å². The Morgan fingerprint density at radius 2 is 2.10 bits per heavy atom.